The summed E-state index contributed by atoms with van der Waals surface area (Å²) in [4.78, 5) is 7.60. The Morgan fingerprint density at radius 2 is 1.76 bits per heavy atom. The van der Waals surface area contributed by atoms with Crippen molar-refractivity contribution in [3.63, 3.8) is 0 Å². The van der Waals surface area contributed by atoms with Crippen LogP contribution in [0.3, 0.4) is 0 Å². The number of fused-ring (bicyclic) bond motifs is 1. The van der Waals surface area contributed by atoms with E-state index in [0.717, 1.165) is 38.6 Å². The van der Waals surface area contributed by atoms with Gasteiger partial charge in [0.15, 0.2) is 0 Å². The summed E-state index contributed by atoms with van der Waals surface area (Å²) in [6.07, 6.45) is 11.7. The van der Waals surface area contributed by atoms with Crippen molar-refractivity contribution in [1.82, 2.24) is 0 Å². The number of hydrogen-bond donors (Lipinski definition) is 1. The van der Waals surface area contributed by atoms with Crippen molar-refractivity contribution in [2.75, 3.05) is 24.5 Å². The van der Waals surface area contributed by atoms with Gasteiger partial charge in [0.25, 0.3) is 5.82 Å². The quantitative estimate of drug-likeness (QED) is 0.822. The number of aromatic amines is 1. The molecule has 1 atom stereocenters. The molecule has 3 heterocycles. The molecular formula is C20H29ClN4+2. The molecule has 0 aromatic carbocycles. The molecule has 1 saturated carbocycles. The van der Waals surface area contributed by atoms with E-state index in [-0.39, 0.29) is 0 Å². The van der Waals surface area contributed by atoms with Gasteiger partial charge in [0.2, 0.25) is 5.15 Å². The number of nitriles is 1. The molecule has 1 saturated heterocycles. The van der Waals surface area contributed by atoms with E-state index in [4.69, 9.17) is 11.6 Å². The Morgan fingerprint density at radius 1 is 1.04 bits per heavy atom. The average Bonchev–Trinajstić information content (AvgIpc) is 2.68. The predicted octanol–water partition coefficient (Wildman–Crippen LogP) is 2.29. The maximum Gasteiger partial charge on any atom is 0.284 e. The smallest absolute Gasteiger partial charge is 0.284 e. The van der Waals surface area contributed by atoms with Gasteiger partial charge in [0, 0.05) is 6.42 Å². The first-order valence-corrected chi connectivity index (χ1v) is 10.4. The topological polar surface area (TPSA) is 45.6 Å². The second-order valence-corrected chi connectivity index (χ2v) is 8.33. The first-order chi connectivity index (χ1) is 12.3. The number of anilines is 1. The summed E-state index contributed by atoms with van der Waals surface area (Å²) in [7, 11) is 0. The van der Waals surface area contributed by atoms with Gasteiger partial charge in [-0.1, -0.05) is 6.42 Å². The van der Waals surface area contributed by atoms with E-state index in [1.807, 2.05) is 0 Å². The van der Waals surface area contributed by atoms with Crippen molar-refractivity contribution < 1.29 is 9.88 Å². The summed E-state index contributed by atoms with van der Waals surface area (Å²) in [5.41, 5.74) is 3.26. The SMILES string of the molecule is N#Cc1c(Cl)[nH+]c(N2CCCCC2)c2c1CC[NH+](C1CCCCC1)C2. The van der Waals surface area contributed by atoms with Gasteiger partial charge in [0.1, 0.15) is 23.7 Å². The Morgan fingerprint density at radius 3 is 2.48 bits per heavy atom. The number of halogens is 1. The van der Waals surface area contributed by atoms with Crippen LogP contribution < -0.4 is 14.8 Å². The lowest BCUT2D eigenvalue weighted by Crippen LogP contribution is -3.15. The molecule has 134 valence electrons. The highest BCUT2D eigenvalue weighted by Gasteiger charge is 2.36. The molecule has 3 aliphatic rings. The lowest BCUT2D eigenvalue weighted by Gasteiger charge is -2.35. The molecule has 4 rings (SSSR count). The van der Waals surface area contributed by atoms with Crippen LogP contribution in [0.2, 0.25) is 5.15 Å². The van der Waals surface area contributed by atoms with Gasteiger partial charge in [-0.05, 0) is 62.1 Å². The number of pyridine rings is 1. The second-order valence-electron chi connectivity index (χ2n) is 7.95. The van der Waals surface area contributed by atoms with Gasteiger partial charge in [-0.2, -0.15) is 5.26 Å². The molecule has 1 unspecified atom stereocenters. The highest BCUT2D eigenvalue weighted by Crippen LogP contribution is 2.29. The van der Waals surface area contributed by atoms with Crippen LogP contribution in [-0.4, -0.2) is 25.7 Å². The molecular weight excluding hydrogens is 332 g/mol. The molecule has 25 heavy (non-hydrogen) atoms. The van der Waals surface area contributed by atoms with E-state index < -0.39 is 0 Å². The fourth-order valence-electron chi connectivity index (χ4n) is 5.10. The molecule has 2 fully saturated rings. The highest BCUT2D eigenvalue weighted by atomic mass is 35.5. The van der Waals surface area contributed by atoms with Gasteiger partial charge in [0.05, 0.1) is 25.7 Å². The van der Waals surface area contributed by atoms with E-state index in [9.17, 15) is 5.26 Å². The predicted molar refractivity (Wildman–Crippen MR) is 98.9 cm³/mol. The first kappa shape index (κ1) is 17.1. The number of piperidine rings is 1. The Kier molecular flexibility index (Phi) is 5.15. The van der Waals surface area contributed by atoms with Crippen molar-refractivity contribution in [2.24, 2.45) is 0 Å². The summed E-state index contributed by atoms with van der Waals surface area (Å²) < 4.78 is 0. The van der Waals surface area contributed by atoms with Crippen LogP contribution in [0.4, 0.5) is 5.82 Å². The van der Waals surface area contributed by atoms with Gasteiger partial charge >= 0.3 is 0 Å². The minimum Gasteiger partial charge on any atom is -0.328 e. The summed E-state index contributed by atoms with van der Waals surface area (Å²) in [5, 5.41) is 10.1. The summed E-state index contributed by atoms with van der Waals surface area (Å²) in [5.74, 6) is 1.20. The van der Waals surface area contributed by atoms with E-state index in [1.165, 1.54) is 68.3 Å². The molecule has 5 heteroatoms. The Bertz CT molecular complexity index is 669. The third-order valence-corrected chi connectivity index (χ3v) is 6.75. The number of rotatable bonds is 2. The maximum absolute atomic E-state index is 9.62. The molecule has 4 nitrogen and oxygen atoms in total. The number of quaternary nitrogens is 1. The lowest BCUT2D eigenvalue weighted by atomic mass is 9.90. The molecule has 0 radical (unpaired) electrons. The van der Waals surface area contributed by atoms with Crippen LogP contribution in [0.25, 0.3) is 0 Å². The number of aromatic nitrogens is 1. The molecule has 0 spiro atoms. The minimum atomic E-state index is 0.530. The average molecular weight is 361 g/mol. The van der Waals surface area contributed by atoms with Crippen molar-refractivity contribution in [2.45, 2.75) is 70.4 Å². The molecule has 2 N–H and O–H groups in total. The molecule has 1 aromatic rings. The van der Waals surface area contributed by atoms with E-state index in [1.54, 1.807) is 4.90 Å². The minimum absolute atomic E-state index is 0.530. The van der Waals surface area contributed by atoms with Crippen LogP contribution in [0.15, 0.2) is 0 Å². The van der Waals surface area contributed by atoms with E-state index in [0.29, 0.717) is 10.7 Å². The van der Waals surface area contributed by atoms with Crippen LogP contribution >= 0.6 is 11.6 Å². The van der Waals surface area contributed by atoms with Crippen LogP contribution in [0.1, 0.15) is 68.1 Å². The van der Waals surface area contributed by atoms with Gasteiger partial charge in [-0.3, -0.25) is 4.90 Å². The molecule has 0 amide bonds. The number of nitrogens with one attached hydrogen (secondary N) is 2. The standard InChI is InChI=1S/C20H27ClN4/c21-19-17(13-22)16-9-12-25(15-7-3-1-4-8-15)14-18(16)20(23-19)24-10-5-2-6-11-24/h15H,1-12,14H2/p+2. The van der Waals surface area contributed by atoms with Gasteiger partial charge in [-0.25, -0.2) is 4.98 Å². The summed E-state index contributed by atoms with van der Waals surface area (Å²) in [6.45, 7) is 4.40. The second kappa shape index (κ2) is 7.51. The molecule has 1 aromatic heterocycles. The fraction of sp³-hybridized carbons (Fsp3) is 0.700. The van der Waals surface area contributed by atoms with Crippen LogP contribution in [0.5, 0.6) is 0 Å². The Hall–Kier alpha value is -1.31. The van der Waals surface area contributed by atoms with E-state index >= 15 is 0 Å². The first-order valence-electron chi connectivity index (χ1n) is 10.0. The van der Waals surface area contributed by atoms with Crippen molar-refractivity contribution in [1.29, 1.82) is 5.26 Å². The van der Waals surface area contributed by atoms with Crippen molar-refractivity contribution in [3.05, 3.63) is 21.8 Å². The largest absolute Gasteiger partial charge is 0.328 e. The number of hydrogen-bond acceptors (Lipinski definition) is 2. The highest BCUT2D eigenvalue weighted by molar-refractivity contribution is 6.29. The normalized spacial score (nSPS) is 24.6. The Labute approximate surface area is 155 Å². The molecule has 0 bridgehead atoms. The fourth-order valence-corrected chi connectivity index (χ4v) is 5.34. The molecule has 1 aliphatic carbocycles. The van der Waals surface area contributed by atoms with Crippen molar-refractivity contribution >= 4 is 17.4 Å². The lowest BCUT2D eigenvalue weighted by molar-refractivity contribution is -0.942. The van der Waals surface area contributed by atoms with Crippen molar-refractivity contribution in [3.8, 4) is 6.07 Å². The van der Waals surface area contributed by atoms with Crippen LogP contribution in [-0.2, 0) is 13.0 Å². The summed E-state index contributed by atoms with van der Waals surface area (Å²) in [6, 6.07) is 3.16. The number of nitrogens with zero attached hydrogens (tertiary/aromatic N) is 2. The van der Waals surface area contributed by atoms with Gasteiger partial charge in [-0.15, -0.1) is 0 Å². The third kappa shape index (κ3) is 3.37. The van der Waals surface area contributed by atoms with Gasteiger partial charge < -0.3 is 4.90 Å². The molecule has 2 aliphatic heterocycles. The number of H-pyrrole nitrogens is 1. The zero-order valence-corrected chi connectivity index (χ0v) is 15.8. The zero-order valence-electron chi connectivity index (χ0n) is 15.0. The third-order valence-electron chi connectivity index (χ3n) is 6.47. The summed E-state index contributed by atoms with van der Waals surface area (Å²) >= 11 is 6.46. The Balaban J connectivity index is 1.69. The van der Waals surface area contributed by atoms with Crippen LogP contribution in [0, 0.1) is 11.3 Å². The maximum atomic E-state index is 9.62. The van der Waals surface area contributed by atoms with E-state index in [2.05, 4.69) is 16.0 Å². The zero-order chi connectivity index (χ0) is 17.2. The monoisotopic (exact) mass is 360 g/mol.